The van der Waals surface area contributed by atoms with Crippen molar-refractivity contribution in [2.24, 2.45) is 5.92 Å². The van der Waals surface area contributed by atoms with E-state index in [0.29, 0.717) is 6.10 Å². The van der Waals surface area contributed by atoms with Gasteiger partial charge in [0.15, 0.2) is 0 Å². The van der Waals surface area contributed by atoms with Crippen molar-refractivity contribution in [3.8, 4) is 0 Å². The molecule has 2 fully saturated rings. The highest BCUT2D eigenvalue weighted by molar-refractivity contribution is 4.94. The van der Waals surface area contributed by atoms with Crippen LogP contribution < -0.4 is 5.32 Å². The van der Waals surface area contributed by atoms with Crippen LogP contribution in [0.5, 0.6) is 0 Å². The lowest BCUT2D eigenvalue weighted by Gasteiger charge is -2.42. The zero-order valence-corrected chi connectivity index (χ0v) is 12.5. The van der Waals surface area contributed by atoms with Gasteiger partial charge in [0.2, 0.25) is 0 Å². The summed E-state index contributed by atoms with van der Waals surface area (Å²) in [5.41, 5.74) is -0.0700. The molecule has 0 radical (unpaired) electrons. The van der Waals surface area contributed by atoms with E-state index in [2.05, 4.69) is 24.1 Å². The van der Waals surface area contributed by atoms with E-state index in [-0.39, 0.29) is 12.1 Å². The highest BCUT2D eigenvalue weighted by atomic mass is 16.5. The first-order valence-electron chi connectivity index (χ1n) is 7.83. The molecule has 2 rings (SSSR count). The van der Waals surface area contributed by atoms with Crippen LogP contribution in [0.25, 0.3) is 0 Å². The first kappa shape index (κ1) is 15.2. The number of hydrogen-bond acceptors (Lipinski definition) is 4. The van der Waals surface area contributed by atoms with Crippen molar-refractivity contribution < 1.29 is 9.84 Å². The standard InChI is InChI=1S/C15H30N2O2/c1-13(2)11-17-7-5-15(12-18,6-8-17)16-10-14-4-3-9-19-14/h13-14,16,18H,3-12H2,1-2H3. The van der Waals surface area contributed by atoms with Gasteiger partial charge in [-0.2, -0.15) is 0 Å². The minimum Gasteiger partial charge on any atom is -0.394 e. The zero-order valence-electron chi connectivity index (χ0n) is 12.5. The maximum Gasteiger partial charge on any atom is 0.0700 e. The smallest absolute Gasteiger partial charge is 0.0700 e. The van der Waals surface area contributed by atoms with E-state index < -0.39 is 0 Å². The zero-order chi connectivity index (χ0) is 13.7. The maximum absolute atomic E-state index is 9.76. The highest BCUT2D eigenvalue weighted by Gasteiger charge is 2.34. The third-order valence-electron chi connectivity index (χ3n) is 4.47. The summed E-state index contributed by atoms with van der Waals surface area (Å²) in [7, 11) is 0. The Kier molecular flexibility index (Phi) is 5.63. The Morgan fingerprint density at radius 3 is 2.63 bits per heavy atom. The molecule has 0 aliphatic carbocycles. The van der Waals surface area contributed by atoms with E-state index >= 15 is 0 Å². The Bertz CT molecular complexity index is 257. The summed E-state index contributed by atoms with van der Waals surface area (Å²) in [6.45, 7) is 9.94. The third kappa shape index (κ3) is 4.42. The molecule has 2 aliphatic heterocycles. The maximum atomic E-state index is 9.76. The van der Waals surface area contributed by atoms with Crippen LogP contribution in [-0.4, -0.2) is 61.0 Å². The number of piperidine rings is 1. The van der Waals surface area contributed by atoms with Crippen molar-refractivity contribution in [2.75, 3.05) is 39.4 Å². The van der Waals surface area contributed by atoms with Crippen LogP contribution in [0.2, 0.25) is 0 Å². The number of likely N-dealkylation sites (tertiary alicyclic amines) is 1. The van der Waals surface area contributed by atoms with Crippen LogP contribution in [-0.2, 0) is 4.74 Å². The second kappa shape index (κ2) is 7.02. The molecule has 19 heavy (non-hydrogen) atoms. The number of hydrogen-bond donors (Lipinski definition) is 2. The molecule has 112 valence electrons. The lowest BCUT2D eigenvalue weighted by molar-refractivity contribution is 0.0518. The molecule has 0 bridgehead atoms. The van der Waals surface area contributed by atoms with E-state index in [9.17, 15) is 5.11 Å². The molecule has 0 saturated carbocycles. The molecule has 0 amide bonds. The molecule has 0 aromatic carbocycles. The van der Waals surface area contributed by atoms with Gasteiger partial charge in [0.25, 0.3) is 0 Å². The molecule has 0 aromatic rings. The number of nitrogens with one attached hydrogen (secondary N) is 1. The molecule has 2 aliphatic rings. The van der Waals surface area contributed by atoms with E-state index in [1.807, 2.05) is 0 Å². The largest absolute Gasteiger partial charge is 0.394 e. The van der Waals surface area contributed by atoms with Crippen LogP contribution >= 0.6 is 0 Å². The van der Waals surface area contributed by atoms with E-state index in [1.54, 1.807) is 0 Å². The van der Waals surface area contributed by atoms with Gasteiger partial charge in [-0.15, -0.1) is 0 Å². The second-order valence-corrected chi connectivity index (χ2v) is 6.65. The lowest BCUT2D eigenvalue weighted by atomic mass is 9.87. The Morgan fingerprint density at radius 2 is 2.11 bits per heavy atom. The summed E-state index contributed by atoms with van der Waals surface area (Å²) in [6.07, 6.45) is 4.79. The van der Waals surface area contributed by atoms with Gasteiger partial charge in [0.1, 0.15) is 0 Å². The van der Waals surface area contributed by atoms with Gasteiger partial charge in [-0.1, -0.05) is 13.8 Å². The summed E-state index contributed by atoms with van der Waals surface area (Å²) in [6, 6.07) is 0. The Labute approximate surface area is 117 Å². The molecule has 0 spiro atoms. The van der Waals surface area contributed by atoms with Gasteiger partial charge in [0.05, 0.1) is 12.7 Å². The predicted octanol–water partition coefficient (Wildman–Crippen LogP) is 1.24. The molecular weight excluding hydrogens is 240 g/mol. The molecule has 4 nitrogen and oxygen atoms in total. The SMILES string of the molecule is CC(C)CN1CCC(CO)(NCC2CCCO2)CC1. The molecule has 0 aromatic heterocycles. The molecule has 2 saturated heterocycles. The van der Waals surface area contributed by atoms with Gasteiger partial charge in [-0.05, 0) is 44.7 Å². The van der Waals surface area contributed by atoms with Crippen LogP contribution in [0, 0.1) is 5.92 Å². The minimum atomic E-state index is -0.0700. The van der Waals surface area contributed by atoms with Gasteiger partial charge >= 0.3 is 0 Å². The Morgan fingerprint density at radius 1 is 1.37 bits per heavy atom. The van der Waals surface area contributed by atoms with Gasteiger partial charge < -0.3 is 20.1 Å². The van der Waals surface area contributed by atoms with Crippen LogP contribution in [0.15, 0.2) is 0 Å². The second-order valence-electron chi connectivity index (χ2n) is 6.65. The summed E-state index contributed by atoms with van der Waals surface area (Å²) in [5.74, 6) is 0.724. The Balaban J connectivity index is 1.76. The van der Waals surface area contributed by atoms with Gasteiger partial charge in [-0.25, -0.2) is 0 Å². The number of aliphatic hydroxyl groups excluding tert-OH is 1. The normalized spacial score (nSPS) is 28.1. The van der Waals surface area contributed by atoms with Crippen LogP contribution in [0.4, 0.5) is 0 Å². The summed E-state index contributed by atoms with van der Waals surface area (Å²) in [4.78, 5) is 2.52. The topological polar surface area (TPSA) is 44.7 Å². The summed E-state index contributed by atoms with van der Waals surface area (Å²) < 4.78 is 5.65. The number of aliphatic hydroxyl groups is 1. The number of ether oxygens (including phenoxy) is 1. The predicted molar refractivity (Wildman–Crippen MR) is 77.3 cm³/mol. The summed E-state index contributed by atoms with van der Waals surface area (Å²) >= 11 is 0. The molecule has 2 heterocycles. The first-order valence-corrected chi connectivity index (χ1v) is 7.83. The van der Waals surface area contributed by atoms with Crippen LogP contribution in [0.1, 0.15) is 39.5 Å². The molecular formula is C15H30N2O2. The fourth-order valence-electron chi connectivity index (χ4n) is 3.21. The van der Waals surface area contributed by atoms with Crippen LogP contribution in [0.3, 0.4) is 0 Å². The molecule has 2 N–H and O–H groups in total. The van der Waals surface area contributed by atoms with E-state index in [1.165, 1.54) is 13.0 Å². The number of rotatable bonds is 6. The quantitative estimate of drug-likeness (QED) is 0.762. The summed E-state index contributed by atoms with van der Waals surface area (Å²) in [5, 5.41) is 13.4. The van der Waals surface area contributed by atoms with Crippen molar-refractivity contribution >= 4 is 0 Å². The third-order valence-corrected chi connectivity index (χ3v) is 4.47. The first-order chi connectivity index (χ1) is 9.13. The number of nitrogens with zero attached hydrogens (tertiary/aromatic N) is 1. The van der Waals surface area contributed by atoms with E-state index in [4.69, 9.17) is 4.74 Å². The minimum absolute atomic E-state index is 0.0700. The van der Waals surface area contributed by atoms with Crippen molar-refractivity contribution in [2.45, 2.75) is 51.2 Å². The van der Waals surface area contributed by atoms with E-state index in [0.717, 1.165) is 51.4 Å². The lowest BCUT2D eigenvalue weighted by Crippen LogP contribution is -2.57. The van der Waals surface area contributed by atoms with Crippen molar-refractivity contribution in [3.05, 3.63) is 0 Å². The monoisotopic (exact) mass is 270 g/mol. The average Bonchev–Trinajstić information content (AvgIpc) is 2.91. The highest BCUT2D eigenvalue weighted by Crippen LogP contribution is 2.23. The van der Waals surface area contributed by atoms with Crippen molar-refractivity contribution in [3.63, 3.8) is 0 Å². The molecule has 1 unspecified atom stereocenters. The average molecular weight is 270 g/mol. The fourth-order valence-corrected chi connectivity index (χ4v) is 3.21. The van der Waals surface area contributed by atoms with Gasteiger partial charge in [-0.3, -0.25) is 0 Å². The van der Waals surface area contributed by atoms with Crippen molar-refractivity contribution in [1.29, 1.82) is 0 Å². The van der Waals surface area contributed by atoms with Crippen molar-refractivity contribution in [1.82, 2.24) is 10.2 Å². The van der Waals surface area contributed by atoms with Gasteiger partial charge in [0, 0.05) is 25.2 Å². The fraction of sp³-hybridized carbons (Fsp3) is 1.00. The molecule has 4 heteroatoms. The molecule has 1 atom stereocenters. The Hall–Kier alpha value is -0.160.